The molecule has 1 atom stereocenters. The molecule has 0 spiro atoms. The van der Waals surface area contributed by atoms with Crippen molar-refractivity contribution < 1.29 is 9.21 Å². The van der Waals surface area contributed by atoms with Gasteiger partial charge in [0.1, 0.15) is 23.0 Å². The number of fused-ring (bicyclic) bond motifs is 2. The molecule has 4 rings (SSSR count). The average molecular weight is 338 g/mol. The number of nitrogens with one attached hydrogen (secondary N) is 1. The Morgan fingerprint density at radius 1 is 1.36 bits per heavy atom. The quantitative estimate of drug-likeness (QED) is 0.776. The molecule has 25 heavy (non-hydrogen) atoms. The first-order valence-electron chi connectivity index (χ1n) is 8.90. The molecule has 1 aliphatic heterocycles. The van der Waals surface area contributed by atoms with Crippen LogP contribution >= 0.6 is 0 Å². The smallest absolute Gasteiger partial charge is 0.220 e. The van der Waals surface area contributed by atoms with Crippen molar-refractivity contribution in [1.29, 1.82) is 0 Å². The van der Waals surface area contributed by atoms with Gasteiger partial charge in [0.15, 0.2) is 0 Å². The van der Waals surface area contributed by atoms with Gasteiger partial charge in [0, 0.05) is 43.7 Å². The van der Waals surface area contributed by atoms with Gasteiger partial charge >= 0.3 is 0 Å². The maximum absolute atomic E-state index is 12.3. The van der Waals surface area contributed by atoms with Crippen LogP contribution in [0.25, 0.3) is 11.0 Å². The molecule has 0 saturated heterocycles. The minimum Gasteiger partial charge on any atom is -0.461 e. The zero-order valence-corrected chi connectivity index (χ0v) is 14.4. The highest BCUT2D eigenvalue weighted by molar-refractivity contribution is 5.79. The van der Waals surface area contributed by atoms with Gasteiger partial charge in [-0.3, -0.25) is 4.79 Å². The average Bonchev–Trinajstić information content (AvgIpc) is 3.22. The number of furan rings is 1. The second-order valence-electron chi connectivity index (χ2n) is 6.55. The van der Waals surface area contributed by atoms with Gasteiger partial charge in [-0.15, -0.1) is 10.2 Å². The molecule has 1 aromatic carbocycles. The summed E-state index contributed by atoms with van der Waals surface area (Å²) in [6.45, 7) is 2.84. The third-order valence-electron chi connectivity index (χ3n) is 4.78. The van der Waals surface area contributed by atoms with Gasteiger partial charge in [-0.05, 0) is 18.6 Å². The van der Waals surface area contributed by atoms with E-state index >= 15 is 0 Å². The number of amides is 1. The van der Waals surface area contributed by atoms with E-state index in [1.165, 1.54) is 0 Å². The molecule has 2 aromatic heterocycles. The maximum Gasteiger partial charge on any atom is 0.220 e. The molecule has 6 heteroatoms. The molecule has 3 aromatic rings. The zero-order valence-electron chi connectivity index (χ0n) is 14.4. The van der Waals surface area contributed by atoms with E-state index < -0.39 is 0 Å². The molecule has 0 saturated carbocycles. The number of hydrogen-bond donors (Lipinski definition) is 1. The highest BCUT2D eigenvalue weighted by atomic mass is 16.3. The van der Waals surface area contributed by atoms with Crippen molar-refractivity contribution >= 4 is 16.9 Å². The van der Waals surface area contributed by atoms with Crippen molar-refractivity contribution in [2.75, 3.05) is 0 Å². The van der Waals surface area contributed by atoms with Crippen molar-refractivity contribution in [3.63, 3.8) is 0 Å². The van der Waals surface area contributed by atoms with Crippen LogP contribution in [0, 0.1) is 0 Å². The van der Waals surface area contributed by atoms with Gasteiger partial charge in [0.25, 0.3) is 0 Å². The molecule has 1 unspecified atom stereocenters. The van der Waals surface area contributed by atoms with Crippen molar-refractivity contribution in [1.82, 2.24) is 20.1 Å². The van der Waals surface area contributed by atoms with Crippen LogP contribution < -0.4 is 5.32 Å². The van der Waals surface area contributed by atoms with Crippen molar-refractivity contribution in [2.24, 2.45) is 0 Å². The molecule has 6 nitrogen and oxygen atoms in total. The predicted octanol–water partition coefficient (Wildman–Crippen LogP) is 2.65. The van der Waals surface area contributed by atoms with Gasteiger partial charge in [0.05, 0.1) is 0 Å². The summed E-state index contributed by atoms with van der Waals surface area (Å²) in [5.41, 5.74) is 0.873. The number of hydrogen-bond acceptors (Lipinski definition) is 4. The van der Waals surface area contributed by atoms with Crippen LogP contribution in [-0.4, -0.2) is 26.7 Å². The summed E-state index contributed by atoms with van der Waals surface area (Å²) in [4.78, 5) is 12.3. The van der Waals surface area contributed by atoms with Crippen molar-refractivity contribution in [3.05, 3.63) is 47.7 Å². The number of carbonyl (C=O) groups excluding carboxylic acids is 1. The Labute approximate surface area is 146 Å². The van der Waals surface area contributed by atoms with Crippen LogP contribution in [0.2, 0.25) is 0 Å². The second kappa shape index (κ2) is 6.70. The Morgan fingerprint density at radius 3 is 3.08 bits per heavy atom. The summed E-state index contributed by atoms with van der Waals surface area (Å²) < 4.78 is 7.92. The highest BCUT2D eigenvalue weighted by Gasteiger charge is 2.23. The van der Waals surface area contributed by atoms with Gasteiger partial charge in [-0.25, -0.2) is 0 Å². The van der Waals surface area contributed by atoms with Crippen LogP contribution in [0.5, 0.6) is 0 Å². The summed E-state index contributed by atoms with van der Waals surface area (Å²) in [6, 6.07) is 10.1. The predicted molar refractivity (Wildman–Crippen MR) is 94.2 cm³/mol. The summed E-state index contributed by atoms with van der Waals surface area (Å²) in [5, 5.41) is 12.7. The summed E-state index contributed by atoms with van der Waals surface area (Å²) in [6.07, 6.45) is 3.69. The number of aryl methyl sites for hydroxylation is 3. The third-order valence-corrected chi connectivity index (χ3v) is 4.78. The number of rotatable bonds is 5. The van der Waals surface area contributed by atoms with Gasteiger partial charge in [-0.2, -0.15) is 0 Å². The molecule has 130 valence electrons. The standard InChI is InChI=1S/C19H22N4O2/c1-2-17-21-22-18-9-7-14(12-23(17)18)20-19(24)10-8-15-11-13-5-3-4-6-16(13)25-15/h3-6,11,14H,2,7-10,12H2,1H3,(H,20,24). The van der Waals surface area contributed by atoms with Crippen LogP contribution in [0.1, 0.15) is 37.2 Å². The first-order valence-corrected chi connectivity index (χ1v) is 8.90. The number of carbonyl (C=O) groups is 1. The van der Waals surface area contributed by atoms with E-state index in [0.717, 1.165) is 54.2 Å². The van der Waals surface area contributed by atoms with Crippen LogP contribution in [0.4, 0.5) is 0 Å². The Morgan fingerprint density at radius 2 is 2.24 bits per heavy atom. The third kappa shape index (κ3) is 3.29. The van der Waals surface area contributed by atoms with Crippen molar-refractivity contribution in [3.8, 4) is 0 Å². The summed E-state index contributed by atoms with van der Waals surface area (Å²) in [7, 11) is 0. The summed E-state index contributed by atoms with van der Waals surface area (Å²) >= 11 is 0. The highest BCUT2D eigenvalue weighted by Crippen LogP contribution is 2.20. The van der Waals surface area contributed by atoms with E-state index in [-0.39, 0.29) is 11.9 Å². The first-order chi connectivity index (χ1) is 12.2. The lowest BCUT2D eigenvalue weighted by Gasteiger charge is -2.25. The largest absolute Gasteiger partial charge is 0.461 e. The number of nitrogens with zero attached hydrogens (tertiary/aromatic N) is 3. The fraction of sp³-hybridized carbons (Fsp3) is 0.421. The Balaban J connectivity index is 1.33. The minimum absolute atomic E-state index is 0.0695. The lowest BCUT2D eigenvalue weighted by atomic mass is 10.1. The fourth-order valence-corrected chi connectivity index (χ4v) is 3.46. The fourth-order valence-electron chi connectivity index (χ4n) is 3.46. The van der Waals surface area contributed by atoms with Crippen LogP contribution in [0.15, 0.2) is 34.7 Å². The maximum atomic E-state index is 12.3. The lowest BCUT2D eigenvalue weighted by Crippen LogP contribution is -2.41. The second-order valence-corrected chi connectivity index (χ2v) is 6.55. The number of aromatic nitrogens is 3. The monoisotopic (exact) mass is 338 g/mol. The molecule has 0 fully saturated rings. The van der Waals surface area contributed by atoms with Gasteiger partial charge in [-0.1, -0.05) is 25.1 Å². The van der Waals surface area contributed by atoms with E-state index in [2.05, 4.69) is 27.0 Å². The zero-order chi connectivity index (χ0) is 17.2. The first kappa shape index (κ1) is 15.9. The van der Waals surface area contributed by atoms with E-state index in [1.807, 2.05) is 30.3 Å². The van der Waals surface area contributed by atoms with E-state index in [1.54, 1.807) is 0 Å². The number of benzene rings is 1. The van der Waals surface area contributed by atoms with Gasteiger partial charge < -0.3 is 14.3 Å². The molecule has 0 bridgehead atoms. The molecule has 1 N–H and O–H groups in total. The molecule has 1 amide bonds. The van der Waals surface area contributed by atoms with Gasteiger partial charge in [0.2, 0.25) is 5.91 Å². The van der Waals surface area contributed by atoms with E-state index in [4.69, 9.17) is 4.42 Å². The Kier molecular flexibility index (Phi) is 4.26. The lowest BCUT2D eigenvalue weighted by molar-refractivity contribution is -0.122. The molecule has 1 aliphatic rings. The van der Waals surface area contributed by atoms with Crippen LogP contribution in [-0.2, 0) is 30.6 Å². The van der Waals surface area contributed by atoms with Crippen LogP contribution in [0.3, 0.4) is 0 Å². The summed E-state index contributed by atoms with van der Waals surface area (Å²) in [5.74, 6) is 2.95. The SMILES string of the molecule is CCc1nnc2n1CC(NC(=O)CCc1cc3ccccc3o1)CC2. The molecular weight excluding hydrogens is 316 g/mol. The molecule has 3 heterocycles. The molecule has 0 radical (unpaired) electrons. The van der Waals surface area contributed by atoms with E-state index in [9.17, 15) is 4.79 Å². The Bertz CT molecular complexity index is 849. The number of para-hydroxylation sites is 1. The molecular formula is C19H22N4O2. The Hall–Kier alpha value is -2.63. The topological polar surface area (TPSA) is 73.0 Å². The van der Waals surface area contributed by atoms with E-state index in [0.29, 0.717) is 12.8 Å². The molecule has 0 aliphatic carbocycles. The van der Waals surface area contributed by atoms with Crippen molar-refractivity contribution in [2.45, 2.75) is 51.6 Å². The normalized spacial score (nSPS) is 16.8. The minimum atomic E-state index is 0.0695.